The third kappa shape index (κ3) is 3.47. The van der Waals surface area contributed by atoms with Gasteiger partial charge in [0.05, 0.1) is 37.8 Å². The molecule has 1 nitrogen and oxygen atoms in total. The van der Waals surface area contributed by atoms with Gasteiger partial charge in [0.25, 0.3) is 0 Å². The third-order valence-electron chi connectivity index (χ3n) is 3.01. The van der Waals surface area contributed by atoms with E-state index in [2.05, 4.69) is 0 Å². The number of ether oxygens (including phenoxy) is 1. The van der Waals surface area contributed by atoms with Gasteiger partial charge in [0.1, 0.15) is 5.75 Å². The van der Waals surface area contributed by atoms with Crippen LogP contribution < -0.4 is 4.74 Å². The van der Waals surface area contributed by atoms with Crippen LogP contribution in [-0.2, 0) is 6.18 Å². The standard InChI is InChI=1S/C14H6Cl5F3O/c1-23-7-4-5(14(20,21)22)2-3-6(7)8-9(15)11(17)13(19)12(18)10(8)16/h2-4H,1H3. The van der Waals surface area contributed by atoms with Gasteiger partial charge in [0.15, 0.2) is 0 Å². The minimum Gasteiger partial charge on any atom is -0.496 e. The molecular formula is C14H6Cl5F3O. The fourth-order valence-electron chi connectivity index (χ4n) is 1.92. The largest absolute Gasteiger partial charge is 0.496 e. The van der Waals surface area contributed by atoms with E-state index in [1.807, 2.05) is 0 Å². The van der Waals surface area contributed by atoms with Gasteiger partial charge >= 0.3 is 6.18 Å². The Morgan fingerprint density at radius 1 is 0.826 bits per heavy atom. The quantitative estimate of drug-likeness (QED) is 0.355. The molecule has 2 aromatic carbocycles. The highest BCUT2D eigenvalue weighted by Gasteiger charge is 2.32. The first-order chi connectivity index (χ1) is 10.6. The first kappa shape index (κ1) is 18.8. The molecule has 0 aliphatic rings. The van der Waals surface area contributed by atoms with Gasteiger partial charge in [0.2, 0.25) is 0 Å². The molecule has 0 saturated heterocycles. The molecule has 0 amide bonds. The minimum absolute atomic E-state index is 0.0378. The first-order valence-corrected chi connectivity index (χ1v) is 7.75. The van der Waals surface area contributed by atoms with Crippen LogP contribution in [0.5, 0.6) is 5.75 Å². The lowest BCUT2D eigenvalue weighted by atomic mass is 10.0. The zero-order valence-corrected chi connectivity index (χ0v) is 14.9. The molecule has 0 heterocycles. The Hall–Kier alpha value is -0.520. The normalized spacial score (nSPS) is 11.7. The molecule has 2 rings (SSSR count). The van der Waals surface area contributed by atoms with Crippen LogP contribution in [0.4, 0.5) is 13.2 Å². The third-order valence-corrected chi connectivity index (χ3v) is 5.28. The molecular weight excluding hydrogens is 418 g/mol. The maximum absolute atomic E-state index is 12.8. The molecule has 0 saturated carbocycles. The van der Waals surface area contributed by atoms with E-state index < -0.39 is 11.7 Å². The van der Waals surface area contributed by atoms with Gasteiger partial charge in [-0.3, -0.25) is 0 Å². The lowest BCUT2D eigenvalue weighted by Crippen LogP contribution is -2.05. The van der Waals surface area contributed by atoms with Gasteiger partial charge in [-0.05, 0) is 18.2 Å². The van der Waals surface area contributed by atoms with Gasteiger partial charge in [-0.2, -0.15) is 13.2 Å². The molecule has 124 valence electrons. The molecule has 0 atom stereocenters. The summed E-state index contributed by atoms with van der Waals surface area (Å²) in [6.07, 6.45) is -4.52. The summed E-state index contributed by atoms with van der Waals surface area (Å²) < 4.78 is 43.5. The summed E-state index contributed by atoms with van der Waals surface area (Å²) in [7, 11) is 1.22. The molecule has 0 fully saturated rings. The topological polar surface area (TPSA) is 9.23 Å². The lowest BCUT2D eigenvalue weighted by Gasteiger charge is -2.17. The Morgan fingerprint density at radius 2 is 1.30 bits per heavy atom. The fourth-order valence-corrected chi connectivity index (χ4v) is 3.26. The van der Waals surface area contributed by atoms with Gasteiger partial charge in [0, 0.05) is 11.1 Å². The molecule has 2 aromatic rings. The highest BCUT2D eigenvalue weighted by atomic mass is 35.5. The second-order valence-electron chi connectivity index (χ2n) is 4.36. The Balaban J connectivity index is 2.78. The lowest BCUT2D eigenvalue weighted by molar-refractivity contribution is -0.137. The Bertz CT molecular complexity index is 745. The second kappa shape index (κ2) is 6.77. The van der Waals surface area contributed by atoms with Crippen LogP contribution in [-0.4, -0.2) is 7.11 Å². The van der Waals surface area contributed by atoms with Gasteiger partial charge in [-0.25, -0.2) is 0 Å². The fraction of sp³-hybridized carbons (Fsp3) is 0.143. The highest BCUT2D eigenvalue weighted by Crippen LogP contribution is 2.50. The Kier molecular flexibility index (Phi) is 5.54. The maximum atomic E-state index is 12.8. The maximum Gasteiger partial charge on any atom is 0.416 e. The van der Waals surface area contributed by atoms with E-state index >= 15 is 0 Å². The Labute approximate surface area is 154 Å². The summed E-state index contributed by atoms with van der Waals surface area (Å²) in [5, 5.41) is -0.231. The van der Waals surface area contributed by atoms with Crippen molar-refractivity contribution in [1.29, 1.82) is 0 Å². The van der Waals surface area contributed by atoms with Crippen LogP contribution in [0.1, 0.15) is 5.56 Å². The molecule has 0 aromatic heterocycles. The summed E-state index contributed by atoms with van der Waals surface area (Å²) in [6, 6.07) is 2.88. The number of benzene rings is 2. The molecule has 0 spiro atoms. The van der Waals surface area contributed by atoms with E-state index in [1.165, 1.54) is 13.2 Å². The first-order valence-electron chi connectivity index (χ1n) is 5.86. The molecule has 23 heavy (non-hydrogen) atoms. The van der Waals surface area contributed by atoms with Crippen LogP contribution in [0.25, 0.3) is 11.1 Å². The van der Waals surface area contributed by atoms with Gasteiger partial charge in [-0.15, -0.1) is 0 Å². The number of hydrogen-bond acceptors (Lipinski definition) is 1. The highest BCUT2D eigenvalue weighted by molar-refractivity contribution is 6.56. The van der Waals surface area contributed by atoms with Crippen molar-refractivity contribution in [2.24, 2.45) is 0 Å². The summed E-state index contributed by atoms with van der Waals surface area (Å²) in [4.78, 5) is 0. The monoisotopic (exact) mass is 422 g/mol. The van der Waals surface area contributed by atoms with Crippen molar-refractivity contribution < 1.29 is 17.9 Å². The zero-order chi connectivity index (χ0) is 17.5. The van der Waals surface area contributed by atoms with Crippen LogP contribution in [0.2, 0.25) is 25.1 Å². The molecule has 0 N–H and O–H groups in total. The number of rotatable bonds is 2. The van der Waals surface area contributed by atoms with Crippen molar-refractivity contribution in [2.75, 3.05) is 7.11 Å². The number of methoxy groups -OCH3 is 1. The molecule has 9 heteroatoms. The second-order valence-corrected chi connectivity index (χ2v) is 6.25. The van der Waals surface area contributed by atoms with Crippen molar-refractivity contribution >= 4 is 58.0 Å². The van der Waals surface area contributed by atoms with Crippen molar-refractivity contribution in [1.82, 2.24) is 0 Å². The van der Waals surface area contributed by atoms with E-state index in [4.69, 9.17) is 62.7 Å². The predicted molar refractivity (Wildman–Crippen MR) is 88.5 cm³/mol. The van der Waals surface area contributed by atoms with Gasteiger partial charge in [-0.1, -0.05) is 58.0 Å². The van der Waals surface area contributed by atoms with E-state index in [-0.39, 0.29) is 42.0 Å². The Morgan fingerprint density at radius 3 is 1.74 bits per heavy atom. The average Bonchev–Trinajstić information content (AvgIpc) is 2.50. The summed E-state index contributed by atoms with van der Waals surface area (Å²) in [6.45, 7) is 0. The average molecular weight is 424 g/mol. The summed E-state index contributed by atoms with van der Waals surface area (Å²) >= 11 is 30.1. The minimum atomic E-state index is -4.52. The zero-order valence-electron chi connectivity index (χ0n) is 11.2. The molecule has 0 unspecified atom stereocenters. The smallest absolute Gasteiger partial charge is 0.416 e. The number of halogens is 8. The van der Waals surface area contributed by atoms with E-state index in [0.717, 1.165) is 12.1 Å². The van der Waals surface area contributed by atoms with Crippen molar-refractivity contribution in [3.05, 3.63) is 48.9 Å². The molecule has 0 aliphatic heterocycles. The van der Waals surface area contributed by atoms with Gasteiger partial charge < -0.3 is 4.74 Å². The molecule has 0 radical (unpaired) electrons. The van der Waals surface area contributed by atoms with Crippen LogP contribution in [0.3, 0.4) is 0 Å². The predicted octanol–water partition coefficient (Wildman–Crippen LogP) is 7.65. The van der Waals surface area contributed by atoms with Crippen LogP contribution in [0, 0.1) is 0 Å². The summed E-state index contributed by atoms with van der Waals surface area (Å²) in [5.74, 6) is -0.0851. The molecule has 0 bridgehead atoms. The van der Waals surface area contributed by atoms with Crippen LogP contribution in [0.15, 0.2) is 18.2 Å². The summed E-state index contributed by atoms with van der Waals surface area (Å²) in [5.41, 5.74) is -0.536. The number of alkyl halides is 3. The SMILES string of the molecule is COc1cc(C(F)(F)F)ccc1-c1c(Cl)c(Cl)c(Cl)c(Cl)c1Cl. The van der Waals surface area contributed by atoms with Crippen LogP contribution >= 0.6 is 58.0 Å². The van der Waals surface area contributed by atoms with E-state index in [0.29, 0.717) is 0 Å². The molecule has 0 aliphatic carbocycles. The number of hydrogen-bond donors (Lipinski definition) is 0. The van der Waals surface area contributed by atoms with Crippen molar-refractivity contribution in [3.63, 3.8) is 0 Å². The van der Waals surface area contributed by atoms with E-state index in [9.17, 15) is 13.2 Å². The van der Waals surface area contributed by atoms with Crippen molar-refractivity contribution in [2.45, 2.75) is 6.18 Å². The van der Waals surface area contributed by atoms with E-state index in [1.54, 1.807) is 0 Å². The van der Waals surface area contributed by atoms with Crippen molar-refractivity contribution in [3.8, 4) is 16.9 Å².